The van der Waals surface area contributed by atoms with Crippen LogP contribution in [0.1, 0.15) is 36.1 Å². The van der Waals surface area contributed by atoms with Gasteiger partial charge in [0.2, 0.25) is 11.8 Å². The maximum absolute atomic E-state index is 13.2. The Hall–Kier alpha value is -2.95. The fourth-order valence-corrected chi connectivity index (χ4v) is 3.06. The summed E-state index contributed by atoms with van der Waals surface area (Å²) in [5, 5.41) is 2.81. The molecule has 1 atom stereocenters. The lowest BCUT2D eigenvalue weighted by Crippen LogP contribution is -2.33. The molecule has 0 saturated heterocycles. The summed E-state index contributed by atoms with van der Waals surface area (Å²) in [6, 6.07) is 11.6. The summed E-state index contributed by atoms with van der Waals surface area (Å²) < 4.78 is 13.2. The molecule has 1 aliphatic heterocycles. The molecule has 2 aromatic rings. The van der Waals surface area contributed by atoms with Gasteiger partial charge in [0.05, 0.1) is 12.5 Å². The lowest BCUT2D eigenvalue weighted by atomic mass is 9.93. The maximum Gasteiger partial charge on any atom is 0.226 e. The van der Waals surface area contributed by atoms with Crippen molar-refractivity contribution in [1.82, 2.24) is 4.90 Å². The first kappa shape index (κ1) is 16.9. The Morgan fingerprint density at radius 1 is 1.20 bits per heavy atom. The minimum atomic E-state index is -0.362. The second kappa shape index (κ2) is 6.89. The van der Waals surface area contributed by atoms with E-state index >= 15 is 0 Å². The van der Waals surface area contributed by atoms with Crippen LogP contribution >= 0.6 is 0 Å². The van der Waals surface area contributed by atoms with E-state index in [0.29, 0.717) is 11.3 Å². The van der Waals surface area contributed by atoms with Gasteiger partial charge in [0.15, 0.2) is 0 Å². The molecule has 5 heteroatoms. The Morgan fingerprint density at radius 3 is 2.68 bits per heavy atom. The first-order valence-corrected chi connectivity index (χ1v) is 8.08. The molecule has 0 aromatic heterocycles. The second-order valence-corrected chi connectivity index (χ2v) is 6.10. The number of halogens is 1. The quantitative estimate of drug-likeness (QED) is 0.918. The van der Waals surface area contributed by atoms with Crippen molar-refractivity contribution in [3.8, 4) is 0 Å². The fraction of sp³-hybridized carbons (Fsp3) is 0.200. The van der Waals surface area contributed by atoms with Gasteiger partial charge in [0.1, 0.15) is 5.82 Å². The summed E-state index contributed by atoms with van der Waals surface area (Å²) in [4.78, 5) is 26.0. The predicted molar refractivity (Wildman–Crippen MR) is 95.1 cm³/mol. The molecular formula is C20H19FN2O2. The van der Waals surface area contributed by atoms with Crippen molar-refractivity contribution >= 4 is 23.6 Å². The average Bonchev–Trinajstić information content (AvgIpc) is 2.57. The molecule has 0 bridgehead atoms. The van der Waals surface area contributed by atoms with Gasteiger partial charge < -0.3 is 10.2 Å². The Kier molecular flexibility index (Phi) is 4.65. The van der Waals surface area contributed by atoms with Crippen LogP contribution in [-0.4, -0.2) is 16.7 Å². The molecule has 1 aliphatic rings. The van der Waals surface area contributed by atoms with Crippen LogP contribution < -0.4 is 5.32 Å². The van der Waals surface area contributed by atoms with Crippen LogP contribution in [-0.2, 0) is 9.59 Å². The van der Waals surface area contributed by atoms with Crippen molar-refractivity contribution in [1.29, 1.82) is 0 Å². The molecule has 0 spiro atoms. The van der Waals surface area contributed by atoms with Crippen molar-refractivity contribution < 1.29 is 14.0 Å². The molecule has 4 nitrogen and oxygen atoms in total. The van der Waals surface area contributed by atoms with Crippen LogP contribution in [0.4, 0.5) is 10.1 Å². The van der Waals surface area contributed by atoms with Crippen LogP contribution in [0.2, 0.25) is 0 Å². The van der Waals surface area contributed by atoms with E-state index in [1.807, 2.05) is 30.3 Å². The van der Waals surface area contributed by atoms with Gasteiger partial charge in [-0.1, -0.05) is 24.3 Å². The number of amides is 2. The molecule has 0 fully saturated rings. The summed E-state index contributed by atoms with van der Waals surface area (Å²) in [7, 11) is 0. The summed E-state index contributed by atoms with van der Waals surface area (Å²) >= 11 is 0. The number of rotatable bonds is 3. The lowest BCUT2D eigenvalue weighted by Gasteiger charge is -2.32. The van der Waals surface area contributed by atoms with Crippen molar-refractivity contribution in [2.24, 2.45) is 0 Å². The van der Waals surface area contributed by atoms with Gasteiger partial charge in [0.25, 0.3) is 0 Å². The Labute approximate surface area is 146 Å². The van der Waals surface area contributed by atoms with E-state index in [9.17, 15) is 14.0 Å². The Bertz CT molecular complexity index is 861. The van der Waals surface area contributed by atoms with Gasteiger partial charge in [-0.25, -0.2) is 4.39 Å². The molecule has 0 aliphatic carbocycles. The van der Waals surface area contributed by atoms with E-state index in [2.05, 4.69) is 5.32 Å². The molecule has 0 saturated carbocycles. The molecular weight excluding hydrogens is 319 g/mol. The molecule has 1 heterocycles. The summed E-state index contributed by atoms with van der Waals surface area (Å²) in [5.74, 6) is -0.692. The zero-order chi connectivity index (χ0) is 18.0. The van der Waals surface area contributed by atoms with E-state index in [1.165, 1.54) is 19.1 Å². The van der Waals surface area contributed by atoms with E-state index in [4.69, 9.17) is 0 Å². The zero-order valence-corrected chi connectivity index (χ0v) is 14.1. The van der Waals surface area contributed by atoms with E-state index < -0.39 is 0 Å². The van der Waals surface area contributed by atoms with E-state index in [-0.39, 0.29) is 30.1 Å². The number of nitrogens with one attached hydrogen (secondary N) is 1. The van der Waals surface area contributed by atoms with Gasteiger partial charge >= 0.3 is 0 Å². The summed E-state index contributed by atoms with van der Waals surface area (Å²) in [5.41, 5.74) is 3.16. The van der Waals surface area contributed by atoms with Crippen LogP contribution in [0.3, 0.4) is 0 Å². The first-order valence-electron chi connectivity index (χ1n) is 8.08. The lowest BCUT2D eigenvalue weighted by molar-refractivity contribution is -0.129. The van der Waals surface area contributed by atoms with Gasteiger partial charge in [-0.3, -0.25) is 9.59 Å². The molecule has 2 aromatic carbocycles. The van der Waals surface area contributed by atoms with Crippen molar-refractivity contribution in [3.63, 3.8) is 0 Å². The molecule has 1 N–H and O–H groups in total. The van der Waals surface area contributed by atoms with Crippen molar-refractivity contribution in [2.45, 2.75) is 26.3 Å². The van der Waals surface area contributed by atoms with E-state index in [1.54, 1.807) is 24.1 Å². The number of carbonyl (C=O) groups excluding carboxylic acids is 2. The SMILES string of the molecule is CC(=O)N1C=Cc2ccccc2[C@@H]1CC(=O)Nc1ccc(F)cc1C. The molecule has 0 radical (unpaired) electrons. The second-order valence-electron chi connectivity index (χ2n) is 6.10. The van der Waals surface area contributed by atoms with Gasteiger partial charge in [-0.15, -0.1) is 0 Å². The highest BCUT2D eigenvalue weighted by Crippen LogP contribution is 2.33. The number of nitrogens with zero attached hydrogens (tertiary/aromatic N) is 1. The highest BCUT2D eigenvalue weighted by molar-refractivity contribution is 5.92. The van der Waals surface area contributed by atoms with Crippen molar-refractivity contribution in [3.05, 3.63) is 71.2 Å². The summed E-state index contributed by atoms with van der Waals surface area (Å²) in [6.07, 6.45) is 3.71. The monoisotopic (exact) mass is 338 g/mol. The molecule has 0 unspecified atom stereocenters. The fourth-order valence-electron chi connectivity index (χ4n) is 3.06. The van der Waals surface area contributed by atoms with Crippen LogP contribution in [0.15, 0.2) is 48.7 Å². The number of aryl methyl sites for hydroxylation is 1. The molecule has 3 rings (SSSR count). The third-order valence-electron chi connectivity index (χ3n) is 4.31. The average molecular weight is 338 g/mol. The molecule has 25 heavy (non-hydrogen) atoms. The van der Waals surface area contributed by atoms with Crippen molar-refractivity contribution in [2.75, 3.05) is 5.32 Å². The molecule has 2 amide bonds. The number of fused-ring (bicyclic) bond motifs is 1. The van der Waals surface area contributed by atoms with Crippen LogP contribution in [0.5, 0.6) is 0 Å². The normalized spacial score (nSPS) is 15.6. The Balaban J connectivity index is 1.82. The molecule has 128 valence electrons. The number of hydrogen-bond acceptors (Lipinski definition) is 2. The number of carbonyl (C=O) groups is 2. The smallest absolute Gasteiger partial charge is 0.226 e. The highest BCUT2D eigenvalue weighted by atomic mass is 19.1. The topological polar surface area (TPSA) is 49.4 Å². The summed E-state index contributed by atoms with van der Waals surface area (Å²) in [6.45, 7) is 3.21. The predicted octanol–water partition coefficient (Wildman–Crippen LogP) is 4.04. The number of anilines is 1. The van der Waals surface area contributed by atoms with Crippen LogP contribution in [0, 0.1) is 12.7 Å². The number of benzene rings is 2. The van der Waals surface area contributed by atoms with E-state index in [0.717, 1.165) is 11.1 Å². The number of hydrogen-bond donors (Lipinski definition) is 1. The van der Waals surface area contributed by atoms with Gasteiger partial charge in [-0.2, -0.15) is 0 Å². The van der Waals surface area contributed by atoms with Gasteiger partial charge in [0, 0.05) is 18.8 Å². The zero-order valence-electron chi connectivity index (χ0n) is 14.1. The highest BCUT2D eigenvalue weighted by Gasteiger charge is 2.28. The maximum atomic E-state index is 13.2. The standard InChI is InChI=1S/C20H19FN2O2/c1-13-11-16(21)7-8-18(13)22-20(25)12-19-17-6-4-3-5-15(17)9-10-23(19)14(2)24/h3-11,19H,12H2,1-2H3,(H,22,25)/t19-/m0/s1. The minimum absolute atomic E-state index is 0.123. The first-order chi connectivity index (χ1) is 12.0. The van der Waals surface area contributed by atoms with Gasteiger partial charge in [-0.05, 0) is 47.9 Å². The third-order valence-corrected chi connectivity index (χ3v) is 4.31. The largest absolute Gasteiger partial charge is 0.326 e. The minimum Gasteiger partial charge on any atom is -0.326 e. The third kappa shape index (κ3) is 3.60. The Morgan fingerprint density at radius 2 is 1.96 bits per heavy atom. The van der Waals surface area contributed by atoms with Crippen LogP contribution in [0.25, 0.3) is 6.08 Å².